The van der Waals surface area contributed by atoms with Gasteiger partial charge in [-0.3, -0.25) is 0 Å². The summed E-state index contributed by atoms with van der Waals surface area (Å²) >= 11 is 0.985. The summed E-state index contributed by atoms with van der Waals surface area (Å²) in [6.45, 7) is 1.13. The molecule has 0 saturated carbocycles. The fourth-order valence-corrected chi connectivity index (χ4v) is 6.04. The summed E-state index contributed by atoms with van der Waals surface area (Å²) in [5, 5.41) is 11.7. The molecule has 0 radical (unpaired) electrons. The van der Waals surface area contributed by atoms with Crippen LogP contribution in [0.15, 0.2) is 29.8 Å². The Balaban J connectivity index is 1.56. The smallest absolute Gasteiger partial charge is 0.348 e. The Morgan fingerprint density at radius 1 is 1.31 bits per heavy atom. The quantitative estimate of drug-likeness (QED) is 0.504. The van der Waals surface area contributed by atoms with Crippen molar-refractivity contribution in [3.63, 3.8) is 0 Å². The van der Waals surface area contributed by atoms with Gasteiger partial charge in [0.2, 0.25) is 5.95 Å². The third-order valence-electron chi connectivity index (χ3n) is 5.47. The number of halogens is 4. The molecule has 1 N–H and O–H groups in total. The number of hydrogen-bond donors (Lipinski definition) is 1. The number of sulfonamides is 1. The predicted octanol–water partition coefficient (Wildman–Crippen LogP) is 3.35. The average Bonchev–Trinajstić information content (AvgIpc) is 3.40. The van der Waals surface area contributed by atoms with E-state index in [0.717, 1.165) is 15.6 Å². The van der Waals surface area contributed by atoms with Crippen LogP contribution in [-0.4, -0.2) is 57.5 Å². The Labute approximate surface area is 202 Å². The molecule has 186 valence electrons. The van der Waals surface area contributed by atoms with Gasteiger partial charge in [-0.2, -0.15) is 22.7 Å². The van der Waals surface area contributed by atoms with E-state index in [1.165, 1.54) is 23.2 Å². The van der Waals surface area contributed by atoms with E-state index in [1.807, 2.05) is 6.07 Å². The summed E-state index contributed by atoms with van der Waals surface area (Å²) in [4.78, 5) is 12.2. The molecule has 0 aliphatic carbocycles. The maximum Gasteiger partial charge on any atom is 0.420 e. The highest BCUT2D eigenvalue weighted by Gasteiger charge is 2.39. The van der Waals surface area contributed by atoms with Crippen molar-refractivity contribution in [1.29, 1.82) is 5.26 Å². The van der Waals surface area contributed by atoms with Gasteiger partial charge in [0.05, 0.1) is 28.5 Å². The minimum atomic E-state index is -4.74. The molecule has 1 aliphatic rings. The number of alkyl halides is 4. The maximum absolute atomic E-state index is 15.0. The molecule has 4 heterocycles. The number of nitriles is 1. The molecule has 1 fully saturated rings. The normalized spacial score (nSPS) is 19.5. The van der Waals surface area contributed by atoms with Gasteiger partial charge in [0, 0.05) is 37.4 Å². The van der Waals surface area contributed by atoms with Crippen LogP contribution >= 0.6 is 11.3 Å². The summed E-state index contributed by atoms with van der Waals surface area (Å²) in [5.41, 5.74) is -1.27. The number of rotatable bonds is 5. The third kappa shape index (κ3) is 5.00. The van der Waals surface area contributed by atoms with E-state index in [0.29, 0.717) is 11.1 Å². The molecule has 15 heteroatoms. The first-order valence-corrected chi connectivity index (χ1v) is 12.5. The van der Waals surface area contributed by atoms with Crippen LogP contribution in [0, 0.1) is 18.3 Å². The summed E-state index contributed by atoms with van der Waals surface area (Å²) in [5.74, 6) is -0.230. The number of anilines is 1. The Hall–Kier alpha value is -3.09. The Morgan fingerprint density at radius 2 is 2.06 bits per heavy atom. The van der Waals surface area contributed by atoms with Crippen molar-refractivity contribution in [2.24, 2.45) is 7.05 Å². The van der Waals surface area contributed by atoms with E-state index in [1.54, 1.807) is 14.0 Å². The molecule has 4 rings (SSSR count). The largest absolute Gasteiger partial charge is 0.420 e. The number of aryl methyl sites for hydroxylation is 2. The highest BCUT2D eigenvalue weighted by atomic mass is 32.2. The molecule has 0 bridgehead atoms. The second-order valence-electron chi connectivity index (χ2n) is 7.94. The highest BCUT2D eigenvalue weighted by molar-refractivity contribution is 7.89. The van der Waals surface area contributed by atoms with Crippen molar-refractivity contribution in [1.82, 2.24) is 23.8 Å². The average molecular weight is 530 g/mol. The van der Waals surface area contributed by atoms with E-state index in [9.17, 15) is 26.0 Å². The first kappa shape index (κ1) is 25.0. The van der Waals surface area contributed by atoms with E-state index < -0.39 is 46.2 Å². The van der Waals surface area contributed by atoms with Gasteiger partial charge >= 0.3 is 6.18 Å². The molecule has 0 aromatic carbocycles. The van der Waals surface area contributed by atoms with Crippen molar-refractivity contribution >= 4 is 27.3 Å². The summed E-state index contributed by atoms with van der Waals surface area (Å²) < 4.78 is 83.6. The summed E-state index contributed by atoms with van der Waals surface area (Å²) in [7, 11) is -2.38. The van der Waals surface area contributed by atoms with Crippen LogP contribution in [-0.2, 0) is 23.2 Å². The molecule has 35 heavy (non-hydrogen) atoms. The monoisotopic (exact) mass is 529 g/mol. The molecule has 9 nitrogen and oxygen atoms in total. The molecule has 0 amide bonds. The fourth-order valence-electron chi connectivity index (χ4n) is 3.63. The van der Waals surface area contributed by atoms with Crippen molar-refractivity contribution in [3.8, 4) is 16.6 Å². The van der Waals surface area contributed by atoms with Gasteiger partial charge in [-0.1, -0.05) is 0 Å². The minimum Gasteiger partial charge on any atom is -0.348 e. The Morgan fingerprint density at radius 3 is 2.63 bits per heavy atom. The van der Waals surface area contributed by atoms with Crippen LogP contribution in [0.3, 0.4) is 0 Å². The van der Waals surface area contributed by atoms with Crippen LogP contribution in [0.25, 0.3) is 10.6 Å². The number of nitrogens with one attached hydrogen (secondary N) is 1. The van der Waals surface area contributed by atoms with E-state index in [4.69, 9.17) is 5.26 Å². The maximum atomic E-state index is 15.0. The second kappa shape index (κ2) is 9.17. The Bertz CT molecular complexity index is 1400. The van der Waals surface area contributed by atoms with Crippen molar-refractivity contribution in [2.75, 3.05) is 18.4 Å². The molecule has 0 spiro atoms. The van der Waals surface area contributed by atoms with Gasteiger partial charge in [0.15, 0.2) is 5.03 Å². The molecule has 2 atom stereocenters. The van der Waals surface area contributed by atoms with Gasteiger partial charge in [0.1, 0.15) is 17.8 Å². The van der Waals surface area contributed by atoms with Crippen LogP contribution in [0.1, 0.15) is 22.4 Å². The van der Waals surface area contributed by atoms with Gasteiger partial charge in [-0.25, -0.2) is 27.8 Å². The van der Waals surface area contributed by atoms with Crippen molar-refractivity contribution in [3.05, 3.63) is 40.8 Å². The number of hydrogen-bond acceptors (Lipinski definition) is 8. The lowest BCUT2D eigenvalue weighted by atomic mass is 10.1. The second-order valence-corrected chi connectivity index (χ2v) is 11.1. The lowest BCUT2D eigenvalue weighted by Gasteiger charge is -2.33. The molecule has 1 saturated heterocycles. The molecular weight excluding hydrogens is 510 g/mol. The van der Waals surface area contributed by atoms with Gasteiger partial charge in [-0.15, -0.1) is 11.3 Å². The molecule has 3 aromatic rings. The summed E-state index contributed by atoms with van der Waals surface area (Å²) in [6.07, 6.45) is -3.14. The molecular formula is C20H19F4N7O2S2. The van der Waals surface area contributed by atoms with E-state index in [2.05, 4.69) is 20.3 Å². The topological polar surface area (TPSA) is 117 Å². The minimum absolute atomic E-state index is 0.0276. The third-order valence-corrected chi connectivity index (χ3v) is 8.28. The number of piperidine rings is 1. The molecule has 1 aliphatic heterocycles. The first-order chi connectivity index (χ1) is 16.4. The van der Waals surface area contributed by atoms with Crippen molar-refractivity contribution < 1.29 is 26.0 Å². The molecule has 3 aromatic heterocycles. The highest BCUT2D eigenvalue weighted by Crippen LogP contribution is 2.39. The van der Waals surface area contributed by atoms with Crippen LogP contribution in [0.5, 0.6) is 0 Å². The van der Waals surface area contributed by atoms with Gasteiger partial charge in [-0.05, 0) is 19.4 Å². The summed E-state index contributed by atoms with van der Waals surface area (Å²) in [6, 6.07) is 2.32. The zero-order valence-corrected chi connectivity index (χ0v) is 20.0. The van der Waals surface area contributed by atoms with Crippen LogP contribution in [0.4, 0.5) is 23.5 Å². The number of nitrogens with zero attached hydrogens (tertiary/aromatic N) is 6. The predicted molar refractivity (Wildman–Crippen MR) is 119 cm³/mol. The SMILES string of the molecule is Cc1sc(-c2nc(N[C@H]3CCN(S(=O)(=O)c4cn(C)cn4)C[C@H]3F)ncc2C(F)(F)F)cc1C#N. The zero-order valence-electron chi connectivity index (χ0n) is 18.4. The van der Waals surface area contributed by atoms with E-state index >= 15 is 0 Å². The zero-order chi connectivity index (χ0) is 25.5. The lowest BCUT2D eigenvalue weighted by Crippen LogP contribution is -2.50. The van der Waals surface area contributed by atoms with Crippen molar-refractivity contribution in [2.45, 2.75) is 36.8 Å². The number of imidazole rings is 1. The lowest BCUT2D eigenvalue weighted by molar-refractivity contribution is -0.137. The standard InChI is InChI=1S/C20H19F4N7O2S2/c1-11-12(6-25)5-16(34-11)18-13(20(22,23)24)7-26-19(29-18)28-15-3-4-31(8-14(15)21)35(32,33)17-9-30(2)10-27-17/h5,7,9-10,14-15H,3-4,8H2,1-2H3,(H,26,28,29)/t14-,15+/m1/s1. The van der Waals surface area contributed by atoms with Gasteiger partial charge in [0.25, 0.3) is 10.0 Å². The van der Waals surface area contributed by atoms with Crippen LogP contribution < -0.4 is 5.32 Å². The first-order valence-electron chi connectivity index (χ1n) is 10.2. The molecule has 0 unspecified atom stereocenters. The fraction of sp³-hybridized carbons (Fsp3) is 0.400. The Kier molecular flexibility index (Phi) is 6.56. The number of thiophene rings is 1. The van der Waals surface area contributed by atoms with E-state index in [-0.39, 0.29) is 34.4 Å². The van der Waals surface area contributed by atoms with Crippen LogP contribution in [0.2, 0.25) is 0 Å². The van der Waals surface area contributed by atoms with Gasteiger partial charge < -0.3 is 9.88 Å². The number of aromatic nitrogens is 4.